The Hall–Kier alpha value is -4.10. The Balaban J connectivity index is 1.56. The van der Waals surface area contributed by atoms with E-state index in [2.05, 4.69) is 18.4 Å². The fourth-order valence-corrected chi connectivity index (χ4v) is 11.2. The second-order valence-electron chi connectivity index (χ2n) is 12.4. The molecule has 3 N–H and O–H groups in total. The maximum Gasteiger partial charge on any atom is 0.269 e. The number of hydrogen-bond acceptors (Lipinski definition) is 8. The van der Waals surface area contributed by atoms with Crippen LogP contribution in [0.1, 0.15) is 31.4 Å². The molecule has 2 heterocycles. The summed E-state index contributed by atoms with van der Waals surface area (Å²) in [6.07, 6.45) is -1.30. The minimum Gasteiger partial charge on any atom is -0.497 e. The Morgan fingerprint density at radius 1 is 1.16 bits per heavy atom. The van der Waals surface area contributed by atoms with E-state index in [9.17, 15) is 29.9 Å². The van der Waals surface area contributed by atoms with E-state index in [1.807, 2.05) is 31.2 Å². The Labute approximate surface area is 262 Å². The summed E-state index contributed by atoms with van der Waals surface area (Å²) in [5.41, 5.74) is 0.542. The molecule has 11 nitrogen and oxygen atoms in total. The number of hydrogen-bond donors (Lipinski definition) is 3. The molecule has 0 aliphatic carbocycles. The molecule has 238 valence electrons. The van der Waals surface area contributed by atoms with Crippen molar-refractivity contribution in [1.82, 2.24) is 0 Å². The van der Waals surface area contributed by atoms with E-state index in [1.54, 1.807) is 42.3 Å². The van der Waals surface area contributed by atoms with Gasteiger partial charge >= 0.3 is 0 Å². The Morgan fingerprint density at radius 3 is 2.40 bits per heavy atom. The molecule has 1 saturated heterocycles. The number of non-ortho nitro benzene ring substituents is 1. The molecule has 1 fully saturated rings. The molecule has 0 bridgehead atoms. The van der Waals surface area contributed by atoms with E-state index in [1.165, 1.54) is 19.1 Å². The van der Waals surface area contributed by atoms with Gasteiger partial charge in [0, 0.05) is 35.9 Å². The molecule has 3 aromatic carbocycles. The van der Waals surface area contributed by atoms with Gasteiger partial charge in [-0.1, -0.05) is 49.5 Å². The fourth-order valence-electron chi connectivity index (χ4n) is 7.09. The molecule has 0 saturated carbocycles. The van der Waals surface area contributed by atoms with E-state index in [0.29, 0.717) is 23.4 Å². The number of rotatable bonds is 10. The maximum atomic E-state index is 14.7. The van der Waals surface area contributed by atoms with Crippen LogP contribution in [0.3, 0.4) is 0 Å². The van der Waals surface area contributed by atoms with Crippen LogP contribution in [-0.2, 0) is 26.5 Å². The number of carbonyl (C=O) groups is 2. The SMILES string of the molecule is COc1ccc([Si](C)(C)[C@@H]2[C@@H](CCO)O[C@]3(C(=O)N(Cc4ccc(NC(=O)[C@H](C)O)cc4)c4ccc([N+](=O)[O-])cc43)[C@H]2C)cc1. The molecule has 0 aromatic heterocycles. The van der Waals surface area contributed by atoms with Crippen LogP contribution in [0.2, 0.25) is 18.6 Å². The maximum absolute atomic E-state index is 14.7. The largest absolute Gasteiger partial charge is 0.497 e. The lowest BCUT2D eigenvalue weighted by Crippen LogP contribution is -2.51. The molecule has 2 amide bonds. The first-order chi connectivity index (χ1) is 21.3. The van der Waals surface area contributed by atoms with Gasteiger partial charge in [-0.2, -0.15) is 0 Å². The van der Waals surface area contributed by atoms with Crippen LogP contribution in [0.5, 0.6) is 5.75 Å². The lowest BCUT2D eigenvalue weighted by atomic mass is 9.82. The minimum atomic E-state index is -2.40. The molecular formula is C33H39N3O8Si. The summed E-state index contributed by atoms with van der Waals surface area (Å²) in [6.45, 7) is 7.86. The number of ether oxygens (including phenoxy) is 2. The number of amides is 2. The minimum absolute atomic E-state index is 0.106. The zero-order valence-electron chi connectivity index (χ0n) is 26.0. The van der Waals surface area contributed by atoms with Gasteiger partial charge in [-0.3, -0.25) is 19.7 Å². The van der Waals surface area contributed by atoms with Gasteiger partial charge in [0.15, 0.2) is 5.60 Å². The predicted molar refractivity (Wildman–Crippen MR) is 172 cm³/mol. The normalized spacial score (nSPS) is 23.2. The number of nitro groups is 1. The average molecular weight is 634 g/mol. The second kappa shape index (κ2) is 12.4. The average Bonchev–Trinajstić information content (AvgIpc) is 3.44. The van der Waals surface area contributed by atoms with Gasteiger partial charge < -0.3 is 29.9 Å². The van der Waals surface area contributed by atoms with Crippen LogP contribution in [0.25, 0.3) is 0 Å². The van der Waals surface area contributed by atoms with Gasteiger partial charge in [-0.05, 0) is 54.8 Å². The molecule has 2 aliphatic rings. The lowest BCUT2D eigenvalue weighted by Gasteiger charge is -2.37. The van der Waals surface area contributed by atoms with Crippen molar-refractivity contribution in [2.75, 3.05) is 23.9 Å². The molecule has 3 aromatic rings. The van der Waals surface area contributed by atoms with E-state index in [0.717, 1.165) is 16.5 Å². The topological polar surface area (TPSA) is 151 Å². The third-order valence-electron chi connectivity index (χ3n) is 9.39. The Morgan fingerprint density at radius 2 is 1.82 bits per heavy atom. The summed E-state index contributed by atoms with van der Waals surface area (Å²) >= 11 is 0. The number of nitrogens with zero attached hydrogens (tertiary/aromatic N) is 2. The number of carbonyl (C=O) groups excluding carboxylic acids is 2. The molecule has 1 spiro atoms. The van der Waals surface area contributed by atoms with Gasteiger partial charge in [-0.15, -0.1) is 0 Å². The number of methoxy groups -OCH3 is 1. The van der Waals surface area contributed by atoms with Crippen LogP contribution in [0.15, 0.2) is 66.7 Å². The highest BCUT2D eigenvalue weighted by molar-refractivity contribution is 6.91. The monoisotopic (exact) mass is 633 g/mol. The summed E-state index contributed by atoms with van der Waals surface area (Å²) in [6, 6.07) is 19.3. The van der Waals surface area contributed by atoms with Crippen molar-refractivity contribution < 1.29 is 34.2 Å². The number of anilines is 2. The van der Waals surface area contributed by atoms with Gasteiger partial charge in [0.05, 0.1) is 38.4 Å². The van der Waals surface area contributed by atoms with Crippen molar-refractivity contribution in [3.05, 3.63) is 88.0 Å². The van der Waals surface area contributed by atoms with Crippen molar-refractivity contribution in [3.63, 3.8) is 0 Å². The van der Waals surface area contributed by atoms with E-state index in [4.69, 9.17) is 9.47 Å². The summed E-state index contributed by atoms with van der Waals surface area (Å²) < 4.78 is 12.2. The van der Waals surface area contributed by atoms with Crippen LogP contribution in [-0.4, -0.2) is 60.9 Å². The molecule has 12 heteroatoms. The molecular weight excluding hydrogens is 594 g/mol. The highest BCUT2D eigenvalue weighted by Gasteiger charge is 2.66. The van der Waals surface area contributed by atoms with Crippen LogP contribution >= 0.6 is 0 Å². The summed E-state index contributed by atoms with van der Waals surface area (Å²) in [4.78, 5) is 39.6. The molecule has 0 unspecified atom stereocenters. The Bertz CT molecular complexity index is 1590. The van der Waals surface area contributed by atoms with Crippen molar-refractivity contribution in [3.8, 4) is 5.75 Å². The first kappa shape index (κ1) is 32.3. The predicted octanol–water partition coefficient (Wildman–Crippen LogP) is 4.07. The van der Waals surface area contributed by atoms with E-state index in [-0.39, 0.29) is 36.2 Å². The zero-order chi connectivity index (χ0) is 32.7. The zero-order valence-corrected chi connectivity index (χ0v) is 27.0. The lowest BCUT2D eigenvalue weighted by molar-refractivity contribution is -0.385. The second-order valence-corrected chi connectivity index (χ2v) is 17.1. The van der Waals surface area contributed by atoms with E-state index < -0.39 is 36.7 Å². The van der Waals surface area contributed by atoms with E-state index >= 15 is 0 Å². The van der Waals surface area contributed by atoms with Crippen molar-refractivity contribution in [2.24, 2.45) is 5.92 Å². The van der Waals surface area contributed by atoms with Crippen LogP contribution < -0.4 is 20.1 Å². The number of fused-ring (bicyclic) bond motifs is 2. The highest BCUT2D eigenvalue weighted by Crippen LogP contribution is 2.60. The molecule has 2 aliphatic heterocycles. The van der Waals surface area contributed by atoms with Gasteiger partial charge in [0.2, 0.25) is 0 Å². The number of aliphatic hydroxyl groups is 2. The third-order valence-corrected chi connectivity index (χ3v) is 13.7. The first-order valence-corrected chi connectivity index (χ1v) is 18.0. The summed E-state index contributed by atoms with van der Waals surface area (Å²) in [5.74, 6) is -0.463. The van der Waals surface area contributed by atoms with Gasteiger partial charge in [0.25, 0.3) is 17.5 Å². The van der Waals surface area contributed by atoms with Gasteiger partial charge in [0.1, 0.15) is 11.9 Å². The van der Waals surface area contributed by atoms with Crippen LogP contribution in [0, 0.1) is 16.0 Å². The van der Waals surface area contributed by atoms with Crippen molar-refractivity contribution in [2.45, 2.75) is 63.3 Å². The Kier molecular flexibility index (Phi) is 8.87. The fraction of sp³-hybridized carbons (Fsp3) is 0.394. The number of nitrogens with one attached hydrogen (secondary N) is 1. The third kappa shape index (κ3) is 5.63. The van der Waals surface area contributed by atoms with Gasteiger partial charge in [-0.25, -0.2) is 0 Å². The highest BCUT2D eigenvalue weighted by atomic mass is 28.3. The molecule has 5 rings (SSSR count). The number of benzene rings is 3. The number of aliphatic hydroxyl groups excluding tert-OH is 2. The summed E-state index contributed by atoms with van der Waals surface area (Å²) in [5, 5.41) is 35.3. The molecule has 45 heavy (non-hydrogen) atoms. The quantitative estimate of drug-likeness (QED) is 0.172. The van der Waals surface area contributed by atoms with Crippen molar-refractivity contribution in [1.29, 1.82) is 0 Å². The van der Waals surface area contributed by atoms with Crippen molar-refractivity contribution >= 4 is 42.1 Å². The summed E-state index contributed by atoms with van der Waals surface area (Å²) in [7, 11) is -0.783. The molecule has 0 radical (unpaired) electrons. The number of nitro benzene ring substituents is 1. The standard InChI is InChI=1S/C33H39N3O8Si/c1-20-30(45(4,5)26-13-11-25(43-3)12-14-26)29(16-17-37)44-33(20)27-18-24(36(41)42)10-15-28(27)35(32(33)40)19-22-6-8-23(9-7-22)34-31(39)21(2)38/h6-15,18,20-21,29-30,37-38H,16-17,19H2,1-5H3,(H,34,39)/t20-,21-,29+,30-,33+/m0/s1. The smallest absolute Gasteiger partial charge is 0.269 e. The van der Waals surface area contributed by atoms with Crippen LogP contribution in [0.4, 0.5) is 17.1 Å². The first-order valence-electron chi connectivity index (χ1n) is 15.0. The molecule has 5 atom stereocenters.